The van der Waals surface area contributed by atoms with Gasteiger partial charge in [-0.05, 0) is 18.2 Å². The molecule has 0 radical (unpaired) electrons. The highest BCUT2D eigenvalue weighted by Crippen LogP contribution is 2.28. The first kappa shape index (κ1) is 16.5. The van der Waals surface area contributed by atoms with Crippen LogP contribution in [0.5, 0.6) is 0 Å². The van der Waals surface area contributed by atoms with Crippen LogP contribution in [-0.2, 0) is 11.3 Å². The molecule has 0 N–H and O–H groups in total. The van der Waals surface area contributed by atoms with Crippen molar-refractivity contribution < 1.29 is 22.3 Å². The lowest BCUT2D eigenvalue weighted by Gasteiger charge is -2.14. The van der Waals surface area contributed by atoms with E-state index >= 15 is 0 Å². The number of hydrogen-bond donors (Lipinski definition) is 0. The second-order valence-corrected chi connectivity index (χ2v) is 5.34. The van der Waals surface area contributed by atoms with Gasteiger partial charge in [0.2, 0.25) is 5.89 Å². The minimum absolute atomic E-state index is 0.0380. The number of hydrogen-bond acceptors (Lipinski definition) is 5. The first-order chi connectivity index (χ1) is 11.5. The highest BCUT2D eigenvalue weighted by molar-refractivity contribution is 6.31. The molecule has 3 rings (SSSR count). The third kappa shape index (κ3) is 3.76. The lowest BCUT2D eigenvalue weighted by atomic mass is 10.1. The molecule has 1 aliphatic carbocycles. The van der Waals surface area contributed by atoms with Gasteiger partial charge in [0.25, 0.3) is 5.89 Å². The molecule has 0 atom stereocenters. The van der Waals surface area contributed by atoms with Crippen molar-refractivity contribution in [2.24, 2.45) is 0 Å². The quantitative estimate of drug-likeness (QED) is 0.777. The zero-order valence-corrected chi connectivity index (χ0v) is 12.9. The number of allylic oxidation sites excluding steroid dienone is 4. The predicted octanol–water partition coefficient (Wildman–Crippen LogP) is 4.68. The second-order valence-electron chi connectivity index (χ2n) is 4.94. The number of rotatable bonds is 5. The Kier molecular flexibility index (Phi) is 4.84. The Balaban J connectivity index is 1.65. The summed E-state index contributed by atoms with van der Waals surface area (Å²) >= 11 is 5.91. The van der Waals surface area contributed by atoms with Crippen molar-refractivity contribution >= 4 is 11.6 Å². The molecule has 0 aromatic carbocycles. The van der Waals surface area contributed by atoms with Crippen molar-refractivity contribution in [1.29, 1.82) is 0 Å². The van der Waals surface area contributed by atoms with E-state index in [0.717, 1.165) is 0 Å². The van der Waals surface area contributed by atoms with Crippen LogP contribution in [0.3, 0.4) is 0 Å². The van der Waals surface area contributed by atoms with Crippen molar-refractivity contribution in [3.63, 3.8) is 0 Å². The molecule has 0 saturated carbocycles. The smallest absolute Gasteiger partial charge is 0.314 e. The van der Waals surface area contributed by atoms with E-state index in [-0.39, 0.29) is 29.8 Å². The van der Waals surface area contributed by atoms with Crippen molar-refractivity contribution in [2.45, 2.75) is 25.9 Å². The number of alkyl halides is 2. The first-order valence-electron chi connectivity index (χ1n) is 6.97. The Morgan fingerprint density at radius 3 is 2.71 bits per heavy atom. The molecule has 2 aromatic rings. The van der Waals surface area contributed by atoms with Crippen LogP contribution in [0.25, 0.3) is 11.5 Å². The van der Waals surface area contributed by atoms with E-state index in [2.05, 4.69) is 15.2 Å². The van der Waals surface area contributed by atoms with Gasteiger partial charge in [0.1, 0.15) is 18.2 Å². The largest absolute Gasteiger partial charge is 0.490 e. The lowest BCUT2D eigenvalue weighted by molar-refractivity contribution is 0.116. The zero-order chi connectivity index (χ0) is 17.1. The van der Waals surface area contributed by atoms with Crippen LogP contribution in [0.4, 0.5) is 13.2 Å². The average Bonchev–Trinajstić information content (AvgIpc) is 3.05. The summed E-state index contributed by atoms with van der Waals surface area (Å²) in [5, 5.41) is 7.03. The van der Waals surface area contributed by atoms with E-state index in [4.69, 9.17) is 20.8 Å². The fraction of sp³-hybridized carbons (Fsp3) is 0.267. The second kappa shape index (κ2) is 7.04. The number of pyridine rings is 1. The summed E-state index contributed by atoms with van der Waals surface area (Å²) < 4.78 is 48.3. The molecular weight excluding hydrogens is 347 g/mol. The highest BCUT2D eigenvalue weighted by Gasteiger charge is 2.17. The summed E-state index contributed by atoms with van der Waals surface area (Å²) in [6.07, 6.45) is 0.462. The molecule has 1 aliphatic rings. The van der Waals surface area contributed by atoms with Gasteiger partial charge < -0.3 is 9.15 Å². The normalized spacial score (nSPS) is 15.0. The number of halogens is 4. The summed E-state index contributed by atoms with van der Waals surface area (Å²) in [6, 6.07) is 3.24. The van der Waals surface area contributed by atoms with E-state index in [0.29, 0.717) is 23.4 Å². The lowest BCUT2D eigenvalue weighted by Crippen LogP contribution is -2.01. The third-order valence-electron chi connectivity index (χ3n) is 3.23. The SMILES string of the molecule is FC1=CC(Cl)=C(OCc2ccc(-c3nnc(C(F)F)o3)cn2)CC1. The molecule has 0 bridgehead atoms. The summed E-state index contributed by atoms with van der Waals surface area (Å²) in [7, 11) is 0. The van der Waals surface area contributed by atoms with Crippen molar-refractivity contribution in [3.05, 3.63) is 52.6 Å². The number of aromatic nitrogens is 3. The summed E-state index contributed by atoms with van der Waals surface area (Å²) in [5.41, 5.74) is 0.998. The molecule has 0 saturated heterocycles. The first-order valence-corrected chi connectivity index (χ1v) is 7.35. The fourth-order valence-electron chi connectivity index (χ4n) is 2.02. The third-order valence-corrected chi connectivity index (χ3v) is 3.55. The van der Waals surface area contributed by atoms with Gasteiger partial charge in [0.05, 0.1) is 16.3 Å². The molecule has 0 aliphatic heterocycles. The highest BCUT2D eigenvalue weighted by atomic mass is 35.5. The monoisotopic (exact) mass is 357 g/mol. The van der Waals surface area contributed by atoms with Crippen molar-refractivity contribution in [1.82, 2.24) is 15.2 Å². The standard InChI is InChI=1S/C15H11ClF3N3O2/c16-11-5-9(17)2-4-12(11)23-7-10-3-1-8(6-20-10)14-21-22-15(24-14)13(18)19/h1,3,5-6,13H,2,4,7H2. The maximum absolute atomic E-state index is 13.0. The van der Waals surface area contributed by atoms with Gasteiger partial charge in [-0.3, -0.25) is 4.98 Å². The van der Waals surface area contributed by atoms with Gasteiger partial charge >= 0.3 is 6.43 Å². The Bertz CT molecular complexity index is 788. The van der Waals surface area contributed by atoms with Crippen LogP contribution in [0, 0.1) is 0 Å². The van der Waals surface area contributed by atoms with E-state index in [1.54, 1.807) is 12.1 Å². The zero-order valence-electron chi connectivity index (χ0n) is 12.2. The molecule has 2 aromatic heterocycles. The van der Waals surface area contributed by atoms with E-state index < -0.39 is 12.3 Å². The molecule has 2 heterocycles. The van der Waals surface area contributed by atoms with Crippen LogP contribution >= 0.6 is 11.6 Å². The molecule has 9 heteroatoms. The molecule has 0 unspecified atom stereocenters. The van der Waals surface area contributed by atoms with E-state index in [1.807, 2.05) is 0 Å². The summed E-state index contributed by atoms with van der Waals surface area (Å²) in [4.78, 5) is 4.14. The summed E-state index contributed by atoms with van der Waals surface area (Å²) in [5.74, 6) is -0.555. The molecule has 0 amide bonds. The minimum Gasteiger partial charge on any atom is -0.490 e. The van der Waals surface area contributed by atoms with E-state index in [9.17, 15) is 13.2 Å². The molecule has 0 spiro atoms. The number of ether oxygens (including phenoxy) is 1. The van der Waals surface area contributed by atoms with Crippen molar-refractivity contribution in [2.75, 3.05) is 0 Å². The Labute approximate surface area is 139 Å². The molecule has 126 valence electrons. The van der Waals surface area contributed by atoms with E-state index in [1.165, 1.54) is 12.3 Å². The van der Waals surface area contributed by atoms with Gasteiger partial charge in [0, 0.05) is 19.0 Å². The molecule has 24 heavy (non-hydrogen) atoms. The minimum atomic E-state index is -2.82. The molecule has 0 fully saturated rings. The maximum Gasteiger partial charge on any atom is 0.314 e. The van der Waals surface area contributed by atoms with Gasteiger partial charge in [-0.2, -0.15) is 8.78 Å². The predicted molar refractivity (Wildman–Crippen MR) is 78.6 cm³/mol. The topological polar surface area (TPSA) is 61.0 Å². The van der Waals surface area contributed by atoms with Gasteiger partial charge in [-0.25, -0.2) is 4.39 Å². The van der Waals surface area contributed by atoms with Crippen LogP contribution in [0.2, 0.25) is 0 Å². The summed E-state index contributed by atoms with van der Waals surface area (Å²) in [6.45, 7) is 0.146. The average molecular weight is 358 g/mol. The fourth-order valence-corrected chi connectivity index (χ4v) is 2.29. The Hall–Kier alpha value is -2.35. The number of nitrogens with zero attached hydrogens (tertiary/aromatic N) is 3. The maximum atomic E-state index is 13.0. The van der Waals surface area contributed by atoms with Gasteiger partial charge in [-0.1, -0.05) is 11.6 Å². The Morgan fingerprint density at radius 2 is 2.08 bits per heavy atom. The van der Waals surface area contributed by atoms with Crippen LogP contribution in [0.15, 0.2) is 45.4 Å². The Morgan fingerprint density at radius 1 is 1.25 bits per heavy atom. The molecule has 5 nitrogen and oxygen atoms in total. The van der Waals surface area contributed by atoms with Crippen LogP contribution in [-0.4, -0.2) is 15.2 Å². The van der Waals surface area contributed by atoms with Gasteiger partial charge in [-0.15, -0.1) is 10.2 Å². The van der Waals surface area contributed by atoms with Crippen molar-refractivity contribution in [3.8, 4) is 11.5 Å². The van der Waals surface area contributed by atoms with Gasteiger partial charge in [0.15, 0.2) is 0 Å². The van der Waals surface area contributed by atoms with Crippen LogP contribution in [0.1, 0.15) is 30.9 Å². The molecular formula is C15H11ClF3N3O2. The van der Waals surface area contributed by atoms with Crippen LogP contribution < -0.4 is 0 Å².